The van der Waals surface area contributed by atoms with Gasteiger partial charge in [0.05, 0.1) is 0 Å². The Morgan fingerprint density at radius 1 is 0.652 bits per heavy atom. The Kier molecular flexibility index (Phi) is 16.8. The number of unbranched alkanes of at least 4 members (excludes halogenated alkanes) is 1. The molecule has 0 aromatic rings. The van der Waals surface area contributed by atoms with E-state index in [2.05, 4.69) is 34.6 Å². The molecule has 23 heavy (non-hydrogen) atoms. The smallest absolute Gasteiger partial charge is 0.0388 e. The third kappa shape index (κ3) is 15.3. The molecule has 0 heteroatoms. The van der Waals surface area contributed by atoms with Crippen molar-refractivity contribution in [3.63, 3.8) is 0 Å². The van der Waals surface area contributed by atoms with Crippen LogP contribution in [0.5, 0.6) is 0 Å². The molecule has 0 aromatic carbocycles. The fourth-order valence-electron chi connectivity index (χ4n) is 3.89. The van der Waals surface area contributed by atoms with E-state index in [9.17, 15) is 0 Å². The zero-order valence-electron chi connectivity index (χ0n) is 17.3. The quantitative estimate of drug-likeness (QED) is 0.458. The van der Waals surface area contributed by atoms with Crippen molar-refractivity contribution in [3.05, 3.63) is 0 Å². The van der Waals surface area contributed by atoms with Gasteiger partial charge in [0.2, 0.25) is 0 Å². The first-order chi connectivity index (χ1) is 11.1. The zero-order valence-corrected chi connectivity index (χ0v) is 17.3. The number of hydrogen-bond donors (Lipinski definition) is 0. The van der Waals surface area contributed by atoms with E-state index in [0.29, 0.717) is 0 Å². The highest BCUT2D eigenvalue weighted by atomic mass is 14.3. The lowest BCUT2D eigenvalue weighted by Crippen LogP contribution is -2.06. The van der Waals surface area contributed by atoms with Crippen molar-refractivity contribution in [3.8, 4) is 0 Å². The molecule has 2 aliphatic rings. The van der Waals surface area contributed by atoms with Gasteiger partial charge in [0.25, 0.3) is 0 Å². The van der Waals surface area contributed by atoms with Crippen molar-refractivity contribution < 1.29 is 0 Å². The van der Waals surface area contributed by atoms with Crippen LogP contribution in [0.3, 0.4) is 0 Å². The molecule has 0 aliphatic heterocycles. The molecule has 140 valence electrons. The van der Waals surface area contributed by atoms with Crippen molar-refractivity contribution in [2.45, 2.75) is 131 Å². The van der Waals surface area contributed by atoms with Gasteiger partial charge in [-0.15, -0.1) is 0 Å². The minimum atomic E-state index is 0.903. The van der Waals surface area contributed by atoms with Crippen molar-refractivity contribution in [1.82, 2.24) is 0 Å². The van der Waals surface area contributed by atoms with Crippen LogP contribution < -0.4 is 0 Å². The van der Waals surface area contributed by atoms with E-state index in [1.54, 1.807) is 0 Å². The van der Waals surface area contributed by atoms with Crippen molar-refractivity contribution in [1.29, 1.82) is 0 Å². The van der Waals surface area contributed by atoms with Gasteiger partial charge < -0.3 is 0 Å². The molecular weight excluding hydrogens is 276 g/mol. The topological polar surface area (TPSA) is 0 Å². The van der Waals surface area contributed by atoms with Crippen LogP contribution in [0.25, 0.3) is 0 Å². The summed E-state index contributed by atoms with van der Waals surface area (Å²) in [6, 6.07) is 0. The summed E-state index contributed by atoms with van der Waals surface area (Å²) in [5, 5.41) is 0. The third-order valence-corrected chi connectivity index (χ3v) is 5.58. The van der Waals surface area contributed by atoms with E-state index in [1.807, 2.05) is 0 Å². The van der Waals surface area contributed by atoms with Crippen LogP contribution in [0.2, 0.25) is 0 Å². The molecule has 0 saturated heterocycles. The lowest BCUT2D eigenvalue weighted by molar-refractivity contribution is 0.343. The second-order valence-corrected chi connectivity index (χ2v) is 8.47. The third-order valence-electron chi connectivity index (χ3n) is 5.58. The lowest BCUT2D eigenvalue weighted by atomic mass is 9.89. The van der Waals surface area contributed by atoms with Gasteiger partial charge in [-0.1, -0.05) is 131 Å². The average Bonchev–Trinajstić information content (AvgIpc) is 3.10. The summed E-state index contributed by atoms with van der Waals surface area (Å²) in [7, 11) is 0. The van der Waals surface area contributed by atoms with E-state index in [-0.39, 0.29) is 0 Å². The van der Waals surface area contributed by atoms with Crippen molar-refractivity contribution >= 4 is 0 Å². The Labute approximate surface area is 149 Å². The normalized spacial score (nSPS) is 19.6. The molecule has 0 N–H and O–H groups in total. The molecule has 2 saturated carbocycles. The van der Waals surface area contributed by atoms with Gasteiger partial charge in [0.1, 0.15) is 0 Å². The monoisotopic (exact) mass is 324 g/mol. The van der Waals surface area contributed by atoms with Gasteiger partial charge in [-0.05, 0) is 17.8 Å². The van der Waals surface area contributed by atoms with Gasteiger partial charge in [0.15, 0.2) is 0 Å². The highest BCUT2D eigenvalue weighted by Gasteiger charge is 2.20. The maximum absolute atomic E-state index is 2.43. The van der Waals surface area contributed by atoms with Crippen LogP contribution in [0.4, 0.5) is 0 Å². The predicted molar refractivity (Wildman–Crippen MR) is 108 cm³/mol. The Morgan fingerprint density at radius 2 is 1.13 bits per heavy atom. The molecule has 0 bridgehead atoms. The summed E-state index contributed by atoms with van der Waals surface area (Å²) in [5.41, 5.74) is 0. The minimum absolute atomic E-state index is 0.903. The van der Waals surface area contributed by atoms with Gasteiger partial charge in [-0.25, -0.2) is 0 Å². The fraction of sp³-hybridized carbons (Fsp3) is 1.00. The Bertz CT molecular complexity index is 197. The fourth-order valence-corrected chi connectivity index (χ4v) is 3.89. The Hall–Kier alpha value is 0. The molecule has 0 aromatic heterocycles. The van der Waals surface area contributed by atoms with Gasteiger partial charge >= 0.3 is 0 Å². The zero-order chi connectivity index (χ0) is 17.3. The van der Waals surface area contributed by atoms with E-state index in [4.69, 9.17) is 0 Å². The van der Waals surface area contributed by atoms with E-state index < -0.39 is 0 Å². The van der Waals surface area contributed by atoms with Gasteiger partial charge in [0, 0.05) is 0 Å². The summed E-state index contributed by atoms with van der Waals surface area (Å²) < 4.78 is 0. The maximum atomic E-state index is 2.43. The second kappa shape index (κ2) is 16.8. The molecule has 0 radical (unpaired) electrons. The maximum Gasteiger partial charge on any atom is -0.0388 e. The van der Waals surface area contributed by atoms with Crippen molar-refractivity contribution in [2.24, 2.45) is 17.8 Å². The summed E-state index contributed by atoms with van der Waals surface area (Å²) in [6.07, 6.45) is 22.0. The Balaban J connectivity index is 0.000000329. The first-order valence-corrected chi connectivity index (χ1v) is 11.1. The molecule has 0 amide bonds. The standard InChI is InChI=1S/C10H20.C7H16.C6H12/c1-3-6-9(2)10-7-4-5-8-10;1-4-5-6-7(2)3;1-2-4-6-5-3-1/h9-10H,3-8H2,1-2H3;7H,4-6H2,1-3H3;1-6H2. The van der Waals surface area contributed by atoms with Gasteiger partial charge in [-0.2, -0.15) is 0 Å². The van der Waals surface area contributed by atoms with Crippen LogP contribution in [0.1, 0.15) is 131 Å². The van der Waals surface area contributed by atoms with E-state index in [1.165, 1.54) is 96.3 Å². The number of rotatable bonds is 6. The molecule has 2 rings (SSSR count). The van der Waals surface area contributed by atoms with Crippen molar-refractivity contribution in [2.75, 3.05) is 0 Å². The van der Waals surface area contributed by atoms with Crippen LogP contribution in [0.15, 0.2) is 0 Å². The molecule has 0 heterocycles. The molecular formula is C23H48. The average molecular weight is 325 g/mol. The summed E-state index contributed by atoms with van der Waals surface area (Å²) in [4.78, 5) is 0. The van der Waals surface area contributed by atoms with Crippen LogP contribution >= 0.6 is 0 Å². The molecule has 1 unspecified atom stereocenters. The lowest BCUT2D eigenvalue weighted by Gasteiger charge is -2.17. The highest BCUT2D eigenvalue weighted by Crippen LogP contribution is 2.33. The summed E-state index contributed by atoms with van der Waals surface area (Å²) in [5.74, 6) is 2.99. The first kappa shape index (κ1) is 23.0. The largest absolute Gasteiger partial charge is 0.0654 e. The van der Waals surface area contributed by atoms with E-state index >= 15 is 0 Å². The summed E-state index contributed by atoms with van der Waals surface area (Å²) >= 11 is 0. The molecule has 0 nitrogen and oxygen atoms in total. The predicted octanol–water partition coefficient (Wildman–Crippen LogP) is 8.79. The van der Waals surface area contributed by atoms with Crippen LogP contribution in [0, 0.1) is 17.8 Å². The van der Waals surface area contributed by atoms with Crippen LogP contribution in [-0.4, -0.2) is 0 Å². The molecule has 2 fully saturated rings. The SMILES string of the molecule is C1CCCCC1.CCCC(C)C1CCCC1.CCCCC(C)C. The number of hydrogen-bond acceptors (Lipinski definition) is 0. The molecule has 1 atom stereocenters. The van der Waals surface area contributed by atoms with Crippen LogP contribution in [-0.2, 0) is 0 Å². The minimum Gasteiger partial charge on any atom is -0.0654 e. The second-order valence-electron chi connectivity index (χ2n) is 8.47. The first-order valence-electron chi connectivity index (χ1n) is 11.1. The molecule has 2 aliphatic carbocycles. The van der Waals surface area contributed by atoms with E-state index in [0.717, 1.165) is 17.8 Å². The molecule has 0 spiro atoms. The van der Waals surface area contributed by atoms with Gasteiger partial charge in [-0.3, -0.25) is 0 Å². The highest BCUT2D eigenvalue weighted by molar-refractivity contribution is 4.72. The Morgan fingerprint density at radius 3 is 1.43 bits per heavy atom. The summed E-state index contributed by atoms with van der Waals surface area (Å²) in [6.45, 7) is 11.5.